The van der Waals surface area contributed by atoms with Crippen LogP contribution in [0.3, 0.4) is 0 Å². The predicted octanol–water partition coefficient (Wildman–Crippen LogP) is 2.70. The van der Waals surface area contributed by atoms with Crippen LogP contribution in [0.5, 0.6) is 17.2 Å². The summed E-state index contributed by atoms with van der Waals surface area (Å²) >= 11 is 1.12. The fourth-order valence-corrected chi connectivity index (χ4v) is 2.79. The first-order valence-electron chi connectivity index (χ1n) is 6.62. The minimum absolute atomic E-state index is 0.0562. The Bertz CT molecular complexity index is 846. The molecule has 23 heavy (non-hydrogen) atoms. The van der Waals surface area contributed by atoms with Crippen LogP contribution in [0.4, 0.5) is 5.69 Å². The Balaban J connectivity index is 1.86. The molecule has 0 spiro atoms. The van der Waals surface area contributed by atoms with Crippen LogP contribution >= 0.6 is 11.8 Å². The second kappa shape index (κ2) is 6.05. The number of hydrogen-bond donors (Lipinski definition) is 4. The zero-order valence-electron chi connectivity index (χ0n) is 11.7. The van der Waals surface area contributed by atoms with E-state index < -0.39 is 0 Å². The Morgan fingerprint density at radius 3 is 2.57 bits per heavy atom. The zero-order chi connectivity index (χ0) is 16.4. The Kier molecular flexibility index (Phi) is 3.94. The fraction of sp³-hybridized carbons (Fsp3) is 0. The quantitative estimate of drug-likeness (QED) is 0.635. The molecule has 0 unspecified atom stereocenters. The van der Waals surface area contributed by atoms with E-state index in [1.54, 1.807) is 12.1 Å². The number of phenolic OH excluding ortho intramolecular Hbond substituents is 3. The van der Waals surface area contributed by atoms with Gasteiger partial charge in [-0.3, -0.25) is 4.79 Å². The molecule has 0 aliphatic carbocycles. The van der Waals surface area contributed by atoms with Gasteiger partial charge in [0.25, 0.3) is 5.91 Å². The van der Waals surface area contributed by atoms with Gasteiger partial charge in [-0.1, -0.05) is 6.07 Å². The third-order valence-corrected chi connectivity index (χ3v) is 3.92. The Labute approximate surface area is 135 Å². The number of benzene rings is 2. The van der Waals surface area contributed by atoms with Gasteiger partial charge in [0.05, 0.1) is 10.6 Å². The lowest BCUT2D eigenvalue weighted by Gasteiger charge is -2.00. The third kappa shape index (κ3) is 3.46. The van der Waals surface area contributed by atoms with E-state index in [9.17, 15) is 20.1 Å². The van der Waals surface area contributed by atoms with Gasteiger partial charge < -0.3 is 20.6 Å². The molecule has 0 radical (unpaired) electrons. The van der Waals surface area contributed by atoms with Crippen molar-refractivity contribution >= 4 is 34.6 Å². The van der Waals surface area contributed by atoms with E-state index in [2.05, 4.69) is 10.3 Å². The summed E-state index contributed by atoms with van der Waals surface area (Å²) in [6.07, 6.45) is 1.51. The molecule has 1 aliphatic rings. The molecule has 2 aromatic rings. The second-order valence-corrected chi connectivity index (χ2v) is 5.78. The highest BCUT2D eigenvalue weighted by atomic mass is 32.2. The lowest BCUT2D eigenvalue weighted by Crippen LogP contribution is -2.19. The first kappa shape index (κ1) is 15.0. The van der Waals surface area contributed by atoms with Gasteiger partial charge in [-0.05, 0) is 42.1 Å². The molecule has 116 valence electrons. The molecule has 3 rings (SSSR count). The van der Waals surface area contributed by atoms with E-state index >= 15 is 0 Å². The number of amidine groups is 1. The molecule has 1 amide bonds. The molecule has 6 nitrogen and oxygen atoms in total. The van der Waals surface area contributed by atoms with E-state index in [0.717, 1.165) is 11.8 Å². The first-order valence-corrected chi connectivity index (χ1v) is 7.43. The molecule has 1 aliphatic heterocycles. The van der Waals surface area contributed by atoms with Gasteiger partial charge in [-0.15, -0.1) is 0 Å². The molecule has 2 aromatic carbocycles. The van der Waals surface area contributed by atoms with Crippen molar-refractivity contribution in [2.45, 2.75) is 0 Å². The van der Waals surface area contributed by atoms with Gasteiger partial charge in [0.1, 0.15) is 17.2 Å². The van der Waals surface area contributed by atoms with Crippen molar-refractivity contribution in [2.75, 3.05) is 0 Å². The Morgan fingerprint density at radius 2 is 1.83 bits per heavy atom. The standard InChI is InChI=1S/C16H12N2O4S/c19-11-3-1-2-10(7-11)17-16-18-15(22)14(23-16)6-9-4-5-12(20)8-13(9)21/h1-8,19-21H,(H,17,18,22)/b14-6-. The summed E-state index contributed by atoms with van der Waals surface area (Å²) in [6.45, 7) is 0. The minimum Gasteiger partial charge on any atom is -0.508 e. The van der Waals surface area contributed by atoms with Crippen LogP contribution in [0.1, 0.15) is 5.56 Å². The van der Waals surface area contributed by atoms with Gasteiger partial charge in [-0.25, -0.2) is 4.99 Å². The van der Waals surface area contributed by atoms with Crippen molar-refractivity contribution in [3.63, 3.8) is 0 Å². The number of nitrogens with zero attached hydrogens (tertiary/aromatic N) is 1. The van der Waals surface area contributed by atoms with E-state index in [-0.39, 0.29) is 23.2 Å². The topological polar surface area (TPSA) is 102 Å². The highest BCUT2D eigenvalue weighted by Crippen LogP contribution is 2.31. The molecular formula is C16H12N2O4S. The van der Waals surface area contributed by atoms with Gasteiger partial charge in [0, 0.05) is 17.7 Å². The summed E-state index contributed by atoms with van der Waals surface area (Å²) in [7, 11) is 0. The van der Waals surface area contributed by atoms with Gasteiger partial charge >= 0.3 is 0 Å². The van der Waals surface area contributed by atoms with E-state index in [1.807, 2.05) is 0 Å². The number of rotatable bonds is 2. The fourth-order valence-electron chi connectivity index (χ4n) is 1.96. The Morgan fingerprint density at radius 1 is 1.04 bits per heavy atom. The molecule has 1 fully saturated rings. The average molecular weight is 328 g/mol. The van der Waals surface area contributed by atoms with Crippen molar-refractivity contribution in [1.82, 2.24) is 5.32 Å². The normalized spacial score (nSPS) is 17.7. The highest BCUT2D eigenvalue weighted by molar-refractivity contribution is 8.18. The number of aliphatic imine (C=N–C) groups is 1. The SMILES string of the molecule is O=C1NC(=Nc2cccc(O)c2)S/C1=C\c1ccc(O)cc1O. The lowest BCUT2D eigenvalue weighted by molar-refractivity contribution is -0.115. The van der Waals surface area contributed by atoms with Crippen molar-refractivity contribution in [3.05, 3.63) is 52.9 Å². The molecular weight excluding hydrogens is 316 g/mol. The van der Waals surface area contributed by atoms with Crippen LogP contribution in [0, 0.1) is 0 Å². The van der Waals surface area contributed by atoms with Crippen LogP contribution in [0.2, 0.25) is 0 Å². The third-order valence-electron chi connectivity index (χ3n) is 3.01. The number of phenols is 3. The largest absolute Gasteiger partial charge is 0.508 e. The minimum atomic E-state index is -0.332. The number of aromatic hydroxyl groups is 3. The molecule has 0 atom stereocenters. The zero-order valence-corrected chi connectivity index (χ0v) is 12.5. The highest BCUT2D eigenvalue weighted by Gasteiger charge is 2.24. The Hall–Kier alpha value is -2.93. The average Bonchev–Trinajstić information content (AvgIpc) is 2.82. The summed E-state index contributed by atoms with van der Waals surface area (Å²) in [6, 6.07) is 10.5. The summed E-state index contributed by atoms with van der Waals surface area (Å²) in [4.78, 5) is 16.6. The number of amides is 1. The maximum atomic E-state index is 12.0. The van der Waals surface area contributed by atoms with Crippen molar-refractivity contribution < 1.29 is 20.1 Å². The molecule has 4 N–H and O–H groups in total. The van der Waals surface area contributed by atoms with Gasteiger partial charge in [0.15, 0.2) is 5.17 Å². The number of carbonyl (C=O) groups excluding carboxylic acids is 1. The van der Waals surface area contributed by atoms with Crippen molar-refractivity contribution in [1.29, 1.82) is 0 Å². The van der Waals surface area contributed by atoms with Crippen molar-refractivity contribution in [2.24, 2.45) is 4.99 Å². The summed E-state index contributed by atoms with van der Waals surface area (Å²) < 4.78 is 0. The van der Waals surface area contributed by atoms with E-state index in [0.29, 0.717) is 21.3 Å². The molecule has 0 aromatic heterocycles. The molecule has 1 heterocycles. The molecule has 0 bridgehead atoms. The first-order chi connectivity index (χ1) is 11.0. The van der Waals surface area contributed by atoms with Gasteiger partial charge in [-0.2, -0.15) is 0 Å². The van der Waals surface area contributed by atoms with Crippen LogP contribution in [-0.2, 0) is 4.79 Å². The van der Waals surface area contributed by atoms with Crippen LogP contribution in [0.25, 0.3) is 6.08 Å². The number of carbonyl (C=O) groups is 1. The van der Waals surface area contributed by atoms with Crippen LogP contribution in [0.15, 0.2) is 52.4 Å². The van der Waals surface area contributed by atoms with Crippen LogP contribution < -0.4 is 5.32 Å². The number of hydrogen-bond acceptors (Lipinski definition) is 6. The summed E-state index contributed by atoms with van der Waals surface area (Å²) in [5.41, 5.74) is 0.931. The van der Waals surface area contributed by atoms with Crippen molar-refractivity contribution in [3.8, 4) is 17.2 Å². The lowest BCUT2D eigenvalue weighted by atomic mass is 10.2. The van der Waals surface area contributed by atoms with Crippen LogP contribution in [-0.4, -0.2) is 26.4 Å². The predicted molar refractivity (Wildman–Crippen MR) is 88.7 cm³/mol. The van der Waals surface area contributed by atoms with Gasteiger partial charge in [0.2, 0.25) is 0 Å². The smallest absolute Gasteiger partial charge is 0.264 e. The number of thioether (sulfide) groups is 1. The van der Waals surface area contributed by atoms with E-state index in [1.165, 1.54) is 36.4 Å². The summed E-state index contributed by atoms with van der Waals surface area (Å²) in [5.74, 6) is -0.420. The molecule has 0 saturated carbocycles. The monoisotopic (exact) mass is 328 g/mol. The molecule has 1 saturated heterocycles. The van der Waals surface area contributed by atoms with E-state index in [4.69, 9.17) is 0 Å². The summed E-state index contributed by atoms with van der Waals surface area (Å²) in [5, 5.41) is 31.5. The molecule has 7 heteroatoms. The maximum absolute atomic E-state index is 12.0. The maximum Gasteiger partial charge on any atom is 0.264 e. The number of nitrogens with one attached hydrogen (secondary N) is 1. The second-order valence-electron chi connectivity index (χ2n) is 4.74.